The third-order valence-electron chi connectivity index (χ3n) is 4.33. The molecule has 0 aromatic carbocycles. The summed E-state index contributed by atoms with van der Waals surface area (Å²) >= 11 is 0. The highest BCUT2D eigenvalue weighted by atomic mass is 15.1. The van der Waals surface area contributed by atoms with E-state index in [9.17, 15) is 0 Å². The van der Waals surface area contributed by atoms with Crippen LogP contribution in [0.1, 0.15) is 79.6 Å². The van der Waals surface area contributed by atoms with Crippen molar-refractivity contribution in [2.75, 3.05) is 13.6 Å². The lowest BCUT2D eigenvalue weighted by Gasteiger charge is -2.24. The van der Waals surface area contributed by atoms with Crippen LogP contribution in [0.25, 0.3) is 0 Å². The molecule has 0 aliphatic rings. The molecule has 0 spiro atoms. The van der Waals surface area contributed by atoms with Gasteiger partial charge in [0.2, 0.25) is 0 Å². The van der Waals surface area contributed by atoms with Gasteiger partial charge in [-0.2, -0.15) is 0 Å². The van der Waals surface area contributed by atoms with Crippen LogP contribution in [0.15, 0.2) is 12.3 Å². The molecule has 0 rings (SSSR count). The average molecular weight is 282 g/mol. The van der Waals surface area contributed by atoms with E-state index in [1.807, 2.05) is 0 Å². The van der Waals surface area contributed by atoms with E-state index in [0.717, 1.165) is 18.4 Å². The van der Waals surface area contributed by atoms with E-state index in [4.69, 9.17) is 0 Å². The van der Waals surface area contributed by atoms with E-state index < -0.39 is 0 Å². The first-order valence-corrected chi connectivity index (χ1v) is 8.74. The van der Waals surface area contributed by atoms with Crippen LogP contribution >= 0.6 is 0 Å². The zero-order valence-electron chi connectivity index (χ0n) is 15.0. The van der Waals surface area contributed by atoms with Crippen LogP contribution in [-0.2, 0) is 0 Å². The van der Waals surface area contributed by atoms with Crippen molar-refractivity contribution in [3.8, 4) is 0 Å². The summed E-state index contributed by atoms with van der Waals surface area (Å²) in [5.41, 5.74) is 1.27. The average Bonchev–Trinajstić information content (AvgIpc) is 2.38. The molecule has 1 heteroatoms. The van der Waals surface area contributed by atoms with Gasteiger partial charge in [0.15, 0.2) is 0 Å². The molecular formula is C19H39N. The van der Waals surface area contributed by atoms with Crippen LogP contribution in [0, 0.1) is 17.8 Å². The summed E-state index contributed by atoms with van der Waals surface area (Å²) < 4.78 is 0. The second-order valence-electron chi connectivity index (χ2n) is 7.35. The van der Waals surface area contributed by atoms with Gasteiger partial charge in [0.25, 0.3) is 0 Å². The number of allylic oxidation sites excluding steroid dienone is 1. The van der Waals surface area contributed by atoms with Gasteiger partial charge in [-0.05, 0) is 24.2 Å². The van der Waals surface area contributed by atoms with Crippen LogP contribution in [0.3, 0.4) is 0 Å². The van der Waals surface area contributed by atoms with Crippen LogP contribution in [0.2, 0.25) is 0 Å². The Morgan fingerprint density at radius 2 is 1.35 bits per heavy atom. The maximum absolute atomic E-state index is 4.16. The molecule has 0 aliphatic heterocycles. The van der Waals surface area contributed by atoms with Crippen molar-refractivity contribution in [2.24, 2.45) is 17.8 Å². The van der Waals surface area contributed by atoms with Gasteiger partial charge < -0.3 is 4.90 Å². The molecule has 0 amide bonds. The number of rotatable bonds is 12. The fourth-order valence-electron chi connectivity index (χ4n) is 2.62. The minimum atomic E-state index is 0.569. The first kappa shape index (κ1) is 19.5. The maximum atomic E-state index is 4.16. The molecule has 1 unspecified atom stereocenters. The fraction of sp³-hybridized carbons (Fsp3) is 0.895. The molecule has 0 fully saturated rings. The second kappa shape index (κ2) is 11.2. The first-order chi connectivity index (χ1) is 9.34. The van der Waals surface area contributed by atoms with Gasteiger partial charge in [-0.25, -0.2) is 0 Å². The zero-order chi connectivity index (χ0) is 15.5. The van der Waals surface area contributed by atoms with Gasteiger partial charge in [0.1, 0.15) is 0 Å². The minimum absolute atomic E-state index is 0.569. The highest BCUT2D eigenvalue weighted by Crippen LogP contribution is 2.18. The second-order valence-corrected chi connectivity index (χ2v) is 7.35. The molecule has 0 radical (unpaired) electrons. The first-order valence-electron chi connectivity index (χ1n) is 8.74. The molecule has 0 aromatic heterocycles. The van der Waals surface area contributed by atoms with Crippen LogP contribution in [0.5, 0.6) is 0 Å². The van der Waals surface area contributed by atoms with Gasteiger partial charge in [-0.3, -0.25) is 0 Å². The lowest BCUT2D eigenvalue weighted by Crippen LogP contribution is -2.21. The third-order valence-corrected chi connectivity index (χ3v) is 4.33. The molecule has 0 heterocycles. The van der Waals surface area contributed by atoms with E-state index >= 15 is 0 Å². The van der Waals surface area contributed by atoms with Gasteiger partial charge in [-0.15, -0.1) is 0 Å². The summed E-state index contributed by atoms with van der Waals surface area (Å²) in [6.45, 7) is 16.8. The monoisotopic (exact) mass is 281 g/mol. The molecule has 20 heavy (non-hydrogen) atoms. The molecule has 0 aromatic rings. The minimum Gasteiger partial charge on any atom is -0.378 e. The Labute approximate surface area is 128 Å². The van der Waals surface area contributed by atoms with Crippen molar-refractivity contribution in [3.63, 3.8) is 0 Å². The molecule has 120 valence electrons. The predicted molar refractivity (Wildman–Crippen MR) is 92.9 cm³/mol. The quantitative estimate of drug-likeness (QED) is 0.390. The molecule has 0 N–H and O–H groups in total. The number of unbranched alkanes of at least 4 members (excludes halogenated alkanes) is 2. The van der Waals surface area contributed by atoms with Crippen molar-refractivity contribution < 1.29 is 0 Å². The van der Waals surface area contributed by atoms with E-state index in [1.54, 1.807) is 0 Å². The van der Waals surface area contributed by atoms with Gasteiger partial charge >= 0.3 is 0 Å². The van der Waals surface area contributed by atoms with E-state index in [2.05, 4.69) is 53.1 Å². The Morgan fingerprint density at radius 3 is 1.85 bits per heavy atom. The molecule has 0 saturated heterocycles. The predicted octanol–water partition coefficient (Wildman–Crippen LogP) is 6.11. The summed E-state index contributed by atoms with van der Waals surface area (Å²) in [6.07, 6.45) is 9.71. The van der Waals surface area contributed by atoms with Gasteiger partial charge in [0, 0.05) is 19.3 Å². The Balaban J connectivity index is 3.52. The van der Waals surface area contributed by atoms with E-state index in [1.165, 1.54) is 50.6 Å². The molecule has 0 aliphatic carbocycles. The molecule has 1 nitrogen and oxygen atoms in total. The van der Waals surface area contributed by atoms with Crippen LogP contribution < -0.4 is 0 Å². The Kier molecular flexibility index (Phi) is 11.0. The van der Waals surface area contributed by atoms with Crippen molar-refractivity contribution in [2.45, 2.75) is 79.6 Å². The van der Waals surface area contributed by atoms with Gasteiger partial charge in [-0.1, -0.05) is 79.7 Å². The van der Waals surface area contributed by atoms with E-state index in [-0.39, 0.29) is 0 Å². The molecule has 0 bridgehead atoms. The van der Waals surface area contributed by atoms with Crippen molar-refractivity contribution in [1.29, 1.82) is 0 Å². The standard InChI is InChI=1S/C19H39N/c1-16(2)12-8-9-13-18(5)14-10-11-15-20(7)19(6)17(3)4/h16-18H,6,8-15H2,1-5,7H3. The van der Waals surface area contributed by atoms with Crippen LogP contribution in [-0.4, -0.2) is 18.5 Å². The number of hydrogen-bond donors (Lipinski definition) is 0. The summed E-state index contributed by atoms with van der Waals surface area (Å²) in [4.78, 5) is 2.33. The lowest BCUT2D eigenvalue weighted by molar-refractivity contribution is 0.351. The highest BCUT2D eigenvalue weighted by Gasteiger charge is 2.07. The summed E-state index contributed by atoms with van der Waals surface area (Å²) in [5.74, 6) is 2.34. The summed E-state index contributed by atoms with van der Waals surface area (Å²) in [7, 11) is 2.18. The molecular weight excluding hydrogens is 242 g/mol. The fourth-order valence-corrected chi connectivity index (χ4v) is 2.62. The highest BCUT2D eigenvalue weighted by molar-refractivity contribution is 4.95. The normalized spacial score (nSPS) is 13.0. The smallest absolute Gasteiger partial charge is 0.0171 e. The SMILES string of the molecule is C=C(C(C)C)N(C)CCCCC(C)CCCCC(C)C. The van der Waals surface area contributed by atoms with E-state index in [0.29, 0.717) is 5.92 Å². The van der Waals surface area contributed by atoms with Crippen molar-refractivity contribution in [3.05, 3.63) is 12.3 Å². The number of nitrogens with zero attached hydrogens (tertiary/aromatic N) is 1. The Hall–Kier alpha value is -0.460. The topological polar surface area (TPSA) is 3.24 Å². The largest absolute Gasteiger partial charge is 0.378 e. The molecule has 1 atom stereocenters. The van der Waals surface area contributed by atoms with Crippen molar-refractivity contribution in [1.82, 2.24) is 4.90 Å². The zero-order valence-corrected chi connectivity index (χ0v) is 15.0. The lowest BCUT2D eigenvalue weighted by atomic mass is 9.96. The Bertz CT molecular complexity index is 242. The third kappa shape index (κ3) is 10.3. The molecule has 0 saturated carbocycles. The van der Waals surface area contributed by atoms with Crippen LogP contribution in [0.4, 0.5) is 0 Å². The summed E-state index contributed by atoms with van der Waals surface area (Å²) in [5, 5.41) is 0. The Morgan fingerprint density at radius 1 is 0.850 bits per heavy atom. The van der Waals surface area contributed by atoms with Crippen molar-refractivity contribution >= 4 is 0 Å². The maximum Gasteiger partial charge on any atom is 0.0171 e. The number of hydrogen-bond acceptors (Lipinski definition) is 1. The summed E-state index contributed by atoms with van der Waals surface area (Å²) in [6, 6.07) is 0. The van der Waals surface area contributed by atoms with Gasteiger partial charge in [0.05, 0.1) is 0 Å².